The zero-order valence-corrected chi connectivity index (χ0v) is 24.3. The molecule has 2 unspecified atom stereocenters. The molecular formula is C30H47ClN4O3. The molecule has 4 fully saturated rings. The number of hydrogen-bond acceptors (Lipinski definition) is 4. The molecule has 4 heterocycles. The van der Waals surface area contributed by atoms with E-state index >= 15 is 0 Å². The number of halogens is 1. The molecule has 4 aliphatic heterocycles. The highest BCUT2D eigenvalue weighted by atomic mass is 35.5. The molecule has 1 aromatic carbocycles. The first-order chi connectivity index (χ1) is 17.9. The van der Waals surface area contributed by atoms with E-state index in [-0.39, 0.29) is 41.8 Å². The van der Waals surface area contributed by atoms with Crippen LogP contribution in [0.1, 0.15) is 77.3 Å². The molecule has 1 aromatic rings. The highest BCUT2D eigenvalue weighted by molar-refractivity contribution is 5.85. The van der Waals surface area contributed by atoms with Crippen molar-refractivity contribution in [3.8, 4) is 0 Å². The maximum atomic E-state index is 13.5. The van der Waals surface area contributed by atoms with Gasteiger partial charge in [-0.05, 0) is 63.4 Å². The maximum absolute atomic E-state index is 13.5. The lowest BCUT2D eigenvalue weighted by Gasteiger charge is -2.48. The summed E-state index contributed by atoms with van der Waals surface area (Å²) in [5.74, 6) is 0.655. The highest BCUT2D eigenvalue weighted by Crippen LogP contribution is 2.47. The molecule has 7 nitrogen and oxygen atoms in total. The molecule has 0 aliphatic carbocycles. The first-order valence-corrected chi connectivity index (χ1v) is 14.7. The van der Waals surface area contributed by atoms with Crippen LogP contribution in [-0.4, -0.2) is 83.7 Å². The van der Waals surface area contributed by atoms with Crippen molar-refractivity contribution in [1.29, 1.82) is 0 Å². The van der Waals surface area contributed by atoms with E-state index in [0.29, 0.717) is 18.0 Å². The Kier molecular flexibility index (Phi) is 9.64. The zero-order chi connectivity index (χ0) is 26.0. The Morgan fingerprint density at radius 1 is 1.08 bits per heavy atom. The first-order valence-electron chi connectivity index (χ1n) is 14.7. The molecule has 1 N–H and O–H groups in total. The van der Waals surface area contributed by atoms with Crippen LogP contribution in [0.15, 0.2) is 30.3 Å². The van der Waals surface area contributed by atoms with E-state index in [1.54, 1.807) is 0 Å². The van der Waals surface area contributed by atoms with Gasteiger partial charge in [0, 0.05) is 57.4 Å². The normalized spacial score (nSPS) is 28.7. The van der Waals surface area contributed by atoms with Crippen LogP contribution in [0.5, 0.6) is 0 Å². The van der Waals surface area contributed by atoms with Gasteiger partial charge in [0.1, 0.15) is 0 Å². The molecule has 38 heavy (non-hydrogen) atoms. The van der Waals surface area contributed by atoms with Crippen molar-refractivity contribution >= 4 is 24.3 Å². The minimum Gasteiger partial charge on any atom is -0.381 e. The van der Waals surface area contributed by atoms with Gasteiger partial charge >= 0.3 is 6.03 Å². The molecule has 0 aromatic heterocycles. The van der Waals surface area contributed by atoms with Crippen molar-refractivity contribution in [2.75, 3.05) is 39.4 Å². The Morgan fingerprint density at radius 2 is 1.74 bits per heavy atom. The van der Waals surface area contributed by atoms with Crippen LogP contribution in [0.25, 0.3) is 0 Å². The van der Waals surface area contributed by atoms with E-state index in [4.69, 9.17) is 4.74 Å². The van der Waals surface area contributed by atoms with E-state index in [1.165, 1.54) is 18.4 Å². The quantitative estimate of drug-likeness (QED) is 0.480. The van der Waals surface area contributed by atoms with Crippen LogP contribution in [0.2, 0.25) is 0 Å². The summed E-state index contributed by atoms with van der Waals surface area (Å²) < 4.78 is 5.55. The van der Waals surface area contributed by atoms with Gasteiger partial charge < -0.3 is 19.9 Å². The van der Waals surface area contributed by atoms with Gasteiger partial charge in [0.2, 0.25) is 5.91 Å². The Balaban J connectivity index is 0.00000336. The number of nitrogens with zero attached hydrogens (tertiary/aromatic N) is 3. The van der Waals surface area contributed by atoms with Gasteiger partial charge in [-0.1, -0.05) is 44.2 Å². The van der Waals surface area contributed by atoms with Crippen LogP contribution < -0.4 is 5.32 Å². The van der Waals surface area contributed by atoms with Gasteiger partial charge in [-0.2, -0.15) is 0 Å². The average Bonchev–Trinajstić information content (AvgIpc) is 3.30. The highest BCUT2D eigenvalue weighted by Gasteiger charge is 2.56. The number of ether oxygens (including phenoxy) is 1. The first kappa shape index (κ1) is 29.2. The number of rotatable bonds is 9. The largest absolute Gasteiger partial charge is 0.381 e. The Labute approximate surface area is 235 Å². The van der Waals surface area contributed by atoms with Crippen molar-refractivity contribution < 1.29 is 14.3 Å². The number of amides is 3. The molecule has 3 amide bonds. The van der Waals surface area contributed by atoms with E-state index in [2.05, 4.69) is 51.2 Å². The van der Waals surface area contributed by atoms with Crippen molar-refractivity contribution in [3.05, 3.63) is 35.9 Å². The van der Waals surface area contributed by atoms with Crippen molar-refractivity contribution in [2.45, 2.75) is 89.4 Å². The molecule has 0 radical (unpaired) electrons. The van der Waals surface area contributed by atoms with E-state index in [0.717, 1.165) is 71.5 Å². The standard InChI is InChI=1S/C30H46N4O3.ClH/c1-4-34-29(36)32(20-23-13-16-37-17-14-23)21-30(34)18-25-10-11-26(19-30)33(25)15-12-27(31-28(35)22(2)3)24-8-6-5-7-9-24;/h5-9,22-23,25-27H,4,10-21H2,1-3H3,(H,31,35);1H/t25?,26?,27-,30?;/m0./s1. The molecule has 0 saturated carbocycles. The second-order valence-electron chi connectivity index (χ2n) is 12.1. The third kappa shape index (κ3) is 6.00. The molecular weight excluding hydrogens is 500 g/mol. The van der Waals surface area contributed by atoms with Crippen molar-refractivity contribution in [3.63, 3.8) is 0 Å². The molecule has 2 bridgehead atoms. The fourth-order valence-corrected chi connectivity index (χ4v) is 7.49. The second kappa shape index (κ2) is 12.6. The summed E-state index contributed by atoms with van der Waals surface area (Å²) >= 11 is 0. The van der Waals surface area contributed by atoms with Gasteiger partial charge in [-0.25, -0.2) is 4.79 Å². The fourth-order valence-electron chi connectivity index (χ4n) is 7.49. The molecule has 1 spiro atoms. The Bertz CT molecular complexity index is 925. The minimum absolute atomic E-state index is 0. The van der Waals surface area contributed by atoms with Crippen LogP contribution in [-0.2, 0) is 9.53 Å². The molecule has 4 aliphatic rings. The molecule has 4 saturated heterocycles. The Morgan fingerprint density at radius 3 is 2.34 bits per heavy atom. The molecule has 212 valence electrons. The van der Waals surface area contributed by atoms with Gasteiger partial charge in [-0.3, -0.25) is 9.69 Å². The zero-order valence-electron chi connectivity index (χ0n) is 23.4. The van der Waals surface area contributed by atoms with Crippen molar-refractivity contribution in [1.82, 2.24) is 20.0 Å². The summed E-state index contributed by atoms with van der Waals surface area (Å²) in [6.07, 6.45) is 7.62. The molecule has 3 atom stereocenters. The van der Waals surface area contributed by atoms with Gasteiger partial charge in [-0.15, -0.1) is 12.4 Å². The second-order valence-corrected chi connectivity index (χ2v) is 12.1. The number of carbonyl (C=O) groups excluding carboxylic acids is 2. The van der Waals surface area contributed by atoms with Crippen LogP contribution in [0.4, 0.5) is 4.79 Å². The van der Waals surface area contributed by atoms with E-state index in [9.17, 15) is 9.59 Å². The summed E-state index contributed by atoms with van der Waals surface area (Å²) in [7, 11) is 0. The predicted molar refractivity (Wildman–Crippen MR) is 152 cm³/mol. The summed E-state index contributed by atoms with van der Waals surface area (Å²) in [4.78, 5) is 33.2. The van der Waals surface area contributed by atoms with Crippen LogP contribution in [0, 0.1) is 11.8 Å². The third-order valence-electron chi connectivity index (χ3n) is 9.42. The topological polar surface area (TPSA) is 65.1 Å². The van der Waals surface area contributed by atoms with E-state index in [1.807, 2.05) is 19.9 Å². The fraction of sp³-hybridized carbons (Fsp3) is 0.733. The number of piperidine rings is 1. The third-order valence-corrected chi connectivity index (χ3v) is 9.42. The van der Waals surface area contributed by atoms with Gasteiger partial charge in [0.25, 0.3) is 0 Å². The molecule has 8 heteroatoms. The van der Waals surface area contributed by atoms with Gasteiger partial charge in [0.05, 0.1) is 11.6 Å². The number of likely N-dealkylation sites (N-methyl/N-ethyl adjacent to an activating group) is 1. The SMILES string of the molecule is CCN1C(=O)N(CC2CCOCC2)CC12CC1CCC(C2)N1CC[C@H](NC(=O)C(C)C)c1ccccc1.Cl. The smallest absolute Gasteiger partial charge is 0.320 e. The number of urea groups is 1. The van der Waals surface area contributed by atoms with E-state index < -0.39 is 0 Å². The number of nitrogens with one attached hydrogen (secondary N) is 1. The monoisotopic (exact) mass is 546 g/mol. The Hall–Kier alpha value is -1.83. The van der Waals surface area contributed by atoms with Crippen LogP contribution >= 0.6 is 12.4 Å². The van der Waals surface area contributed by atoms with Gasteiger partial charge in [0.15, 0.2) is 0 Å². The summed E-state index contributed by atoms with van der Waals surface area (Å²) in [6.45, 7) is 11.3. The maximum Gasteiger partial charge on any atom is 0.320 e. The lowest BCUT2D eigenvalue weighted by atomic mass is 9.81. The lowest BCUT2D eigenvalue weighted by molar-refractivity contribution is -0.124. The minimum atomic E-state index is -0.0266. The number of carbonyl (C=O) groups is 2. The predicted octanol–water partition coefficient (Wildman–Crippen LogP) is 4.86. The lowest BCUT2D eigenvalue weighted by Crippen LogP contribution is -2.58. The average molecular weight is 547 g/mol. The summed E-state index contributed by atoms with van der Waals surface area (Å²) in [6, 6.07) is 11.7. The van der Waals surface area contributed by atoms with Crippen LogP contribution in [0.3, 0.4) is 0 Å². The number of fused-ring (bicyclic) bond motifs is 2. The number of benzene rings is 1. The summed E-state index contributed by atoms with van der Waals surface area (Å²) in [5.41, 5.74) is 1.16. The number of hydrogen-bond donors (Lipinski definition) is 1. The summed E-state index contributed by atoms with van der Waals surface area (Å²) in [5, 5.41) is 3.30. The van der Waals surface area contributed by atoms with Crippen molar-refractivity contribution in [2.24, 2.45) is 11.8 Å². The molecule has 5 rings (SSSR count).